The first-order valence-corrected chi connectivity index (χ1v) is 6.40. The van der Waals surface area contributed by atoms with Gasteiger partial charge in [0.25, 0.3) is 5.56 Å². The predicted molar refractivity (Wildman–Crippen MR) is 72.9 cm³/mol. The summed E-state index contributed by atoms with van der Waals surface area (Å²) >= 11 is 6.47. The summed E-state index contributed by atoms with van der Waals surface area (Å²) in [7, 11) is 0. The van der Waals surface area contributed by atoms with Crippen LogP contribution in [0.4, 0.5) is 5.95 Å². The van der Waals surface area contributed by atoms with Gasteiger partial charge < -0.3 is 10.3 Å². The first-order chi connectivity index (χ1) is 8.13. The summed E-state index contributed by atoms with van der Waals surface area (Å²) in [6.07, 6.45) is 5.01. The largest absolute Gasteiger partial charge is 0.369 e. The lowest BCUT2D eigenvalue weighted by atomic mass is 10.4. The first kappa shape index (κ1) is 12.0. The first-order valence-electron chi connectivity index (χ1n) is 5.17. The van der Waals surface area contributed by atoms with Gasteiger partial charge in [-0.25, -0.2) is 0 Å². The average Bonchev–Trinajstić information content (AvgIpc) is 2.57. The molecule has 0 aromatic carbocycles. The van der Waals surface area contributed by atoms with Crippen LogP contribution in [0.5, 0.6) is 0 Å². The third kappa shape index (κ3) is 2.29. The van der Waals surface area contributed by atoms with Crippen LogP contribution < -0.4 is 11.3 Å². The molecule has 2 rings (SSSR count). The number of aromatic nitrogens is 3. The molecule has 2 heterocycles. The summed E-state index contributed by atoms with van der Waals surface area (Å²) in [6, 6.07) is 0. The van der Waals surface area contributed by atoms with Crippen molar-refractivity contribution in [1.29, 1.82) is 0 Å². The SMILES string of the molecule is CC/C=C\Cn1c(=S)sc2c(=O)[nH]c(N)nc21. The molecular formula is C10H12N4OS2. The monoisotopic (exact) mass is 268 g/mol. The van der Waals surface area contributed by atoms with Crippen LogP contribution in [0, 0.1) is 3.95 Å². The summed E-state index contributed by atoms with van der Waals surface area (Å²) < 4.78 is 2.96. The van der Waals surface area contributed by atoms with E-state index >= 15 is 0 Å². The number of rotatable bonds is 3. The molecule has 2 aromatic rings. The number of thiazole rings is 1. The Hall–Kier alpha value is -1.47. The highest BCUT2D eigenvalue weighted by atomic mass is 32.1. The van der Waals surface area contributed by atoms with Gasteiger partial charge in [-0.15, -0.1) is 0 Å². The maximum absolute atomic E-state index is 11.7. The number of hydrogen-bond donors (Lipinski definition) is 2. The van der Waals surface area contributed by atoms with E-state index in [0.29, 0.717) is 20.8 Å². The molecule has 0 bridgehead atoms. The number of anilines is 1. The minimum absolute atomic E-state index is 0.114. The molecule has 0 unspecified atom stereocenters. The van der Waals surface area contributed by atoms with Crippen molar-refractivity contribution in [3.63, 3.8) is 0 Å². The third-order valence-electron chi connectivity index (χ3n) is 2.23. The van der Waals surface area contributed by atoms with Gasteiger partial charge in [-0.05, 0) is 18.6 Å². The van der Waals surface area contributed by atoms with Gasteiger partial charge in [0.15, 0.2) is 9.60 Å². The van der Waals surface area contributed by atoms with Crippen molar-refractivity contribution in [2.24, 2.45) is 0 Å². The molecule has 0 saturated heterocycles. The molecule has 5 nitrogen and oxygen atoms in total. The maximum atomic E-state index is 11.7. The van der Waals surface area contributed by atoms with Crippen LogP contribution in [0.25, 0.3) is 10.3 Å². The molecule has 0 saturated carbocycles. The standard InChI is InChI=1S/C10H12N4OS2/c1-2-3-4-5-14-7-6(17-10(14)16)8(15)13-9(11)12-7/h3-4H,2,5H2,1H3,(H3,11,12,13,15)/b4-3-. The van der Waals surface area contributed by atoms with Crippen molar-refractivity contribution < 1.29 is 0 Å². The van der Waals surface area contributed by atoms with E-state index in [2.05, 4.69) is 16.9 Å². The number of nitrogens with two attached hydrogens (primary N) is 1. The molecule has 0 spiro atoms. The lowest BCUT2D eigenvalue weighted by Crippen LogP contribution is -2.11. The molecule has 7 heteroatoms. The molecule has 0 fully saturated rings. The topological polar surface area (TPSA) is 76.7 Å². The zero-order chi connectivity index (χ0) is 12.4. The summed E-state index contributed by atoms with van der Waals surface area (Å²) in [5, 5.41) is 0. The molecule has 3 N–H and O–H groups in total. The molecule has 0 atom stereocenters. The Labute approximate surface area is 107 Å². The Morgan fingerprint density at radius 3 is 3.06 bits per heavy atom. The van der Waals surface area contributed by atoms with Crippen LogP contribution in [0.3, 0.4) is 0 Å². The molecule has 17 heavy (non-hydrogen) atoms. The van der Waals surface area contributed by atoms with Crippen molar-refractivity contribution >= 4 is 39.9 Å². The predicted octanol–water partition coefficient (Wildman–Crippen LogP) is 2.06. The Balaban J connectivity index is 2.62. The van der Waals surface area contributed by atoms with Crippen LogP contribution in [-0.4, -0.2) is 14.5 Å². The molecule has 0 aliphatic heterocycles. The van der Waals surface area contributed by atoms with E-state index < -0.39 is 0 Å². The second-order valence-electron chi connectivity index (χ2n) is 3.46. The van der Waals surface area contributed by atoms with Crippen molar-refractivity contribution in [3.8, 4) is 0 Å². The van der Waals surface area contributed by atoms with Gasteiger partial charge in [-0.2, -0.15) is 4.98 Å². The number of nitrogens with zero attached hydrogens (tertiary/aromatic N) is 2. The Morgan fingerprint density at radius 1 is 1.59 bits per heavy atom. The highest BCUT2D eigenvalue weighted by Crippen LogP contribution is 2.18. The number of allylic oxidation sites excluding steroid dienone is 2. The number of nitrogens with one attached hydrogen (secondary N) is 1. The fourth-order valence-electron chi connectivity index (χ4n) is 1.48. The normalized spacial score (nSPS) is 11.6. The van der Waals surface area contributed by atoms with E-state index in [1.54, 1.807) is 0 Å². The second kappa shape index (κ2) is 4.80. The Morgan fingerprint density at radius 2 is 2.35 bits per heavy atom. The molecule has 0 radical (unpaired) electrons. The van der Waals surface area contributed by atoms with E-state index in [1.165, 1.54) is 11.3 Å². The van der Waals surface area contributed by atoms with Gasteiger partial charge in [0, 0.05) is 6.54 Å². The van der Waals surface area contributed by atoms with Crippen LogP contribution in [0.1, 0.15) is 13.3 Å². The molecular weight excluding hydrogens is 256 g/mol. The van der Waals surface area contributed by atoms with E-state index in [0.717, 1.165) is 6.42 Å². The summed E-state index contributed by atoms with van der Waals surface area (Å²) in [5.74, 6) is 0.114. The van der Waals surface area contributed by atoms with Gasteiger partial charge >= 0.3 is 0 Å². The van der Waals surface area contributed by atoms with E-state index in [9.17, 15) is 4.79 Å². The van der Waals surface area contributed by atoms with Gasteiger partial charge in [0.05, 0.1) is 0 Å². The van der Waals surface area contributed by atoms with Crippen LogP contribution >= 0.6 is 23.6 Å². The fraction of sp³-hybridized carbons (Fsp3) is 0.300. The summed E-state index contributed by atoms with van der Waals surface area (Å²) in [6.45, 7) is 2.67. The minimum Gasteiger partial charge on any atom is -0.369 e. The van der Waals surface area contributed by atoms with Gasteiger partial charge in [-0.3, -0.25) is 9.78 Å². The number of H-pyrrole nitrogens is 1. The Bertz CT molecular complexity index is 680. The van der Waals surface area contributed by atoms with E-state index in [4.69, 9.17) is 18.0 Å². The van der Waals surface area contributed by atoms with Crippen LogP contribution in [-0.2, 0) is 6.54 Å². The van der Waals surface area contributed by atoms with Gasteiger partial charge in [0.2, 0.25) is 5.95 Å². The van der Waals surface area contributed by atoms with Crippen molar-refractivity contribution in [2.75, 3.05) is 5.73 Å². The fourth-order valence-corrected chi connectivity index (χ4v) is 2.73. The summed E-state index contributed by atoms with van der Waals surface area (Å²) in [5.41, 5.74) is 5.85. The van der Waals surface area contributed by atoms with Gasteiger partial charge in [-0.1, -0.05) is 30.4 Å². The Kier molecular flexibility index (Phi) is 3.39. The van der Waals surface area contributed by atoms with Crippen LogP contribution in [0.15, 0.2) is 16.9 Å². The zero-order valence-electron chi connectivity index (χ0n) is 9.27. The molecule has 90 valence electrons. The van der Waals surface area contributed by atoms with Crippen molar-refractivity contribution in [2.45, 2.75) is 19.9 Å². The van der Waals surface area contributed by atoms with Crippen molar-refractivity contribution in [1.82, 2.24) is 14.5 Å². The van der Waals surface area contributed by atoms with E-state index in [-0.39, 0.29) is 11.5 Å². The molecule has 0 aliphatic carbocycles. The molecule has 2 aromatic heterocycles. The third-order valence-corrected chi connectivity index (χ3v) is 3.67. The minimum atomic E-state index is -0.234. The molecule has 0 amide bonds. The number of fused-ring (bicyclic) bond motifs is 1. The van der Waals surface area contributed by atoms with Gasteiger partial charge in [0.1, 0.15) is 4.70 Å². The summed E-state index contributed by atoms with van der Waals surface area (Å²) in [4.78, 5) is 18.2. The van der Waals surface area contributed by atoms with E-state index in [1.807, 2.05) is 16.7 Å². The quantitative estimate of drug-likeness (QED) is 0.660. The van der Waals surface area contributed by atoms with Crippen LogP contribution in [0.2, 0.25) is 0 Å². The lowest BCUT2D eigenvalue weighted by Gasteiger charge is -1.99. The highest BCUT2D eigenvalue weighted by molar-refractivity contribution is 7.73. The lowest BCUT2D eigenvalue weighted by molar-refractivity contribution is 0.840. The van der Waals surface area contributed by atoms with Crippen molar-refractivity contribution in [3.05, 3.63) is 26.5 Å². The highest BCUT2D eigenvalue weighted by Gasteiger charge is 2.09. The second-order valence-corrected chi connectivity index (χ2v) is 5.11. The molecule has 0 aliphatic rings. The number of hydrogen-bond acceptors (Lipinski definition) is 5. The zero-order valence-corrected chi connectivity index (χ0v) is 10.9. The average molecular weight is 268 g/mol. The smallest absolute Gasteiger partial charge is 0.271 e. The number of aromatic amines is 1. The maximum Gasteiger partial charge on any atom is 0.271 e. The number of nitrogen functional groups attached to an aromatic ring is 1.